The molecule has 1 fully saturated rings. The molecule has 1 aliphatic rings. The first-order valence-corrected chi connectivity index (χ1v) is 8.12. The average molecular weight is 293 g/mol. The summed E-state index contributed by atoms with van der Waals surface area (Å²) in [5.41, 5.74) is 1.88. The molecule has 2 rings (SSSR count). The fraction of sp³-hybridized carbons (Fsp3) is 0.667. The smallest absolute Gasteiger partial charge is 0.127 e. The summed E-state index contributed by atoms with van der Waals surface area (Å²) in [4.78, 5) is 2.33. The molecule has 21 heavy (non-hydrogen) atoms. The van der Waals surface area contributed by atoms with Gasteiger partial charge in [-0.25, -0.2) is 4.39 Å². The van der Waals surface area contributed by atoms with Crippen molar-refractivity contribution in [1.29, 1.82) is 0 Å². The zero-order chi connectivity index (χ0) is 15.4. The summed E-state index contributed by atoms with van der Waals surface area (Å²) < 4.78 is 20.0. The van der Waals surface area contributed by atoms with E-state index in [2.05, 4.69) is 38.7 Å². The summed E-state index contributed by atoms with van der Waals surface area (Å²) in [5.74, 6) is 0.305. The Hall–Kier alpha value is -0.930. The summed E-state index contributed by atoms with van der Waals surface area (Å²) >= 11 is 0. The summed E-state index contributed by atoms with van der Waals surface area (Å²) in [5, 5.41) is 0. The highest BCUT2D eigenvalue weighted by atomic mass is 19.1. The molecule has 1 aromatic rings. The quantitative estimate of drug-likeness (QED) is 0.801. The van der Waals surface area contributed by atoms with Crippen molar-refractivity contribution in [1.82, 2.24) is 4.90 Å². The molecule has 0 aromatic heterocycles. The van der Waals surface area contributed by atoms with Crippen molar-refractivity contribution in [3.8, 4) is 0 Å². The van der Waals surface area contributed by atoms with Crippen LogP contribution in [0.15, 0.2) is 18.2 Å². The maximum atomic E-state index is 14.2. The van der Waals surface area contributed by atoms with E-state index in [-0.39, 0.29) is 5.82 Å². The molecule has 0 spiro atoms. The zero-order valence-electron chi connectivity index (χ0n) is 13.7. The van der Waals surface area contributed by atoms with Gasteiger partial charge in [-0.15, -0.1) is 0 Å². The molecular formula is C18H28FNO. The first-order chi connectivity index (χ1) is 9.95. The molecule has 0 unspecified atom stereocenters. The van der Waals surface area contributed by atoms with Crippen LogP contribution in [0, 0.1) is 5.82 Å². The molecule has 0 N–H and O–H groups in total. The number of ether oxygens (including phenoxy) is 1. The molecule has 1 aromatic carbocycles. The molecule has 0 aliphatic carbocycles. The maximum Gasteiger partial charge on any atom is 0.127 e. The molecule has 1 saturated heterocycles. The summed E-state index contributed by atoms with van der Waals surface area (Å²) in [6.45, 7) is 11.0. The Balaban J connectivity index is 1.89. The molecule has 0 amide bonds. The predicted molar refractivity (Wildman–Crippen MR) is 85.0 cm³/mol. The first-order valence-electron chi connectivity index (χ1n) is 8.12. The minimum atomic E-state index is -0.0678. The van der Waals surface area contributed by atoms with E-state index in [9.17, 15) is 4.39 Å². The van der Waals surface area contributed by atoms with E-state index < -0.39 is 0 Å². The standard InChI is InChI=1S/C18H28FNO/c1-13(2)15-5-6-16(18(19)11-15)12-20-9-7-17(8-10-20)21-14(3)4/h5-6,11,13-14,17H,7-10,12H2,1-4H3. The Morgan fingerprint density at radius 1 is 1.19 bits per heavy atom. The molecular weight excluding hydrogens is 265 g/mol. The van der Waals surface area contributed by atoms with Crippen LogP contribution in [-0.2, 0) is 11.3 Å². The lowest BCUT2D eigenvalue weighted by atomic mass is 10.0. The molecule has 118 valence electrons. The minimum absolute atomic E-state index is 0.0678. The van der Waals surface area contributed by atoms with Gasteiger partial charge in [0.15, 0.2) is 0 Å². The van der Waals surface area contributed by atoms with Crippen LogP contribution in [0.1, 0.15) is 57.6 Å². The second kappa shape index (κ2) is 7.37. The molecule has 3 heteroatoms. The van der Waals surface area contributed by atoms with Crippen molar-refractivity contribution in [3.63, 3.8) is 0 Å². The molecule has 0 atom stereocenters. The third-order valence-corrected chi connectivity index (χ3v) is 4.14. The third-order valence-electron chi connectivity index (χ3n) is 4.14. The van der Waals surface area contributed by atoms with Crippen LogP contribution in [0.3, 0.4) is 0 Å². The number of hydrogen-bond acceptors (Lipinski definition) is 2. The largest absolute Gasteiger partial charge is 0.375 e. The highest BCUT2D eigenvalue weighted by Gasteiger charge is 2.21. The molecule has 0 radical (unpaired) electrons. The Morgan fingerprint density at radius 2 is 1.86 bits per heavy atom. The minimum Gasteiger partial charge on any atom is -0.375 e. The predicted octanol–water partition coefficient (Wildman–Crippen LogP) is 4.34. The second-order valence-electron chi connectivity index (χ2n) is 6.67. The number of rotatable bonds is 5. The third kappa shape index (κ3) is 4.79. The van der Waals surface area contributed by atoms with Gasteiger partial charge in [-0.2, -0.15) is 0 Å². The number of hydrogen-bond donors (Lipinski definition) is 0. The van der Waals surface area contributed by atoms with E-state index in [0.717, 1.165) is 37.1 Å². The average Bonchev–Trinajstić information content (AvgIpc) is 2.42. The fourth-order valence-corrected chi connectivity index (χ4v) is 2.88. The van der Waals surface area contributed by atoms with Crippen LogP contribution >= 0.6 is 0 Å². The number of benzene rings is 1. The SMILES string of the molecule is CC(C)OC1CCN(Cc2ccc(C(C)C)cc2F)CC1. The van der Waals surface area contributed by atoms with Crippen molar-refractivity contribution < 1.29 is 9.13 Å². The van der Waals surface area contributed by atoms with Gasteiger partial charge < -0.3 is 4.74 Å². The highest BCUT2D eigenvalue weighted by Crippen LogP contribution is 2.21. The first kappa shape index (κ1) is 16.4. The summed E-state index contributed by atoms with van der Waals surface area (Å²) in [7, 11) is 0. The van der Waals surface area contributed by atoms with E-state index in [4.69, 9.17) is 4.74 Å². The van der Waals surface area contributed by atoms with E-state index in [0.29, 0.717) is 24.7 Å². The Kier molecular flexibility index (Phi) is 5.77. The van der Waals surface area contributed by atoms with E-state index in [1.165, 1.54) is 0 Å². The van der Waals surface area contributed by atoms with Crippen LogP contribution in [0.4, 0.5) is 4.39 Å². The normalized spacial score (nSPS) is 17.9. The van der Waals surface area contributed by atoms with Gasteiger partial charge in [0.1, 0.15) is 5.82 Å². The van der Waals surface area contributed by atoms with Gasteiger partial charge in [0.25, 0.3) is 0 Å². The van der Waals surface area contributed by atoms with Crippen molar-refractivity contribution in [2.45, 2.75) is 65.2 Å². The monoisotopic (exact) mass is 293 g/mol. The molecule has 0 saturated carbocycles. The van der Waals surface area contributed by atoms with Gasteiger partial charge in [-0.3, -0.25) is 4.90 Å². The fourth-order valence-electron chi connectivity index (χ4n) is 2.88. The van der Waals surface area contributed by atoms with E-state index in [1.54, 1.807) is 6.07 Å². The lowest BCUT2D eigenvalue weighted by molar-refractivity contribution is -0.0280. The maximum absolute atomic E-state index is 14.2. The lowest BCUT2D eigenvalue weighted by Gasteiger charge is -2.32. The van der Waals surface area contributed by atoms with Crippen molar-refractivity contribution in [3.05, 3.63) is 35.1 Å². The van der Waals surface area contributed by atoms with Crippen LogP contribution in [0.5, 0.6) is 0 Å². The van der Waals surface area contributed by atoms with Crippen LogP contribution in [0.2, 0.25) is 0 Å². The number of piperidine rings is 1. The van der Waals surface area contributed by atoms with Crippen LogP contribution < -0.4 is 0 Å². The van der Waals surface area contributed by atoms with E-state index in [1.807, 2.05) is 6.07 Å². The van der Waals surface area contributed by atoms with Gasteiger partial charge in [0, 0.05) is 25.2 Å². The Morgan fingerprint density at radius 3 is 2.38 bits per heavy atom. The molecule has 2 nitrogen and oxygen atoms in total. The second-order valence-corrected chi connectivity index (χ2v) is 6.67. The molecule has 1 aliphatic heterocycles. The van der Waals surface area contributed by atoms with Crippen molar-refractivity contribution in [2.24, 2.45) is 0 Å². The van der Waals surface area contributed by atoms with Crippen molar-refractivity contribution in [2.75, 3.05) is 13.1 Å². The van der Waals surface area contributed by atoms with Gasteiger partial charge >= 0.3 is 0 Å². The highest BCUT2D eigenvalue weighted by molar-refractivity contribution is 5.26. The zero-order valence-corrected chi connectivity index (χ0v) is 13.7. The van der Waals surface area contributed by atoms with Gasteiger partial charge in [-0.1, -0.05) is 26.0 Å². The Bertz CT molecular complexity index is 451. The van der Waals surface area contributed by atoms with Gasteiger partial charge in [0.05, 0.1) is 12.2 Å². The van der Waals surface area contributed by atoms with Crippen LogP contribution in [-0.4, -0.2) is 30.2 Å². The lowest BCUT2D eigenvalue weighted by Crippen LogP contribution is -2.37. The number of halogens is 1. The summed E-state index contributed by atoms with van der Waals surface area (Å²) in [6.07, 6.45) is 2.75. The summed E-state index contributed by atoms with van der Waals surface area (Å²) in [6, 6.07) is 5.69. The number of nitrogens with zero attached hydrogens (tertiary/aromatic N) is 1. The topological polar surface area (TPSA) is 12.5 Å². The van der Waals surface area contributed by atoms with E-state index >= 15 is 0 Å². The van der Waals surface area contributed by atoms with Gasteiger partial charge in [0.2, 0.25) is 0 Å². The van der Waals surface area contributed by atoms with Gasteiger partial charge in [-0.05, 0) is 44.2 Å². The number of likely N-dealkylation sites (tertiary alicyclic amines) is 1. The van der Waals surface area contributed by atoms with Crippen molar-refractivity contribution >= 4 is 0 Å². The molecule has 0 bridgehead atoms. The van der Waals surface area contributed by atoms with Crippen LogP contribution in [0.25, 0.3) is 0 Å². The Labute approximate surface area is 128 Å². The molecule has 1 heterocycles.